The molecule has 1 aliphatic rings. The van der Waals surface area contributed by atoms with Crippen molar-refractivity contribution in [2.24, 2.45) is 5.92 Å². The molecular formula is C23H29N3O4. The Morgan fingerprint density at radius 1 is 1.20 bits per heavy atom. The number of methoxy groups -OCH3 is 2. The average molecular weight is 412 g/mol. The summed E-state index contributed by atoms with van der Waals surface area (Å²) in [4.78, 5) is 31.0. The van der Waals surface area contributed by atoms with Crippen molar-refractivity contribution in [3.05, 3.63) is 53.9 Å². The zero-order valence-corrected chi connectivity index (χ0v) is 17.6. The van der Waals surface area contributed by atoms with Gasteiger partial charge >= 0.3 is 0 Å². The normalized spacial score (nSPS) is 16.1. The van der Waals surface area contributed by atoms with Crippen LogP contribution < -0.4 is 14.8 Å². The number of piperidine rings is 1. The lowest BCUT2D eigenvalue weighted by atomic mass is 9.93. The molecule has 0 aliphatic carbocycles. The van der Waals surface area contributed by atoms with E-state index in [-0.39, 0.29) is 11.8 Å². The molecule has 0 spiro atoms. The number of benzene rings is 1. The van der Waals surface area contributed by atoms with E-state index in [1.54, 1.807) is 38.6 Å². The second-order valence-electron chi connectivity index (χ2n) is 7.47. The van der Waals surface area contributed by atoms with Crippen molar-refractivity contribution in [3.8, 4) is 11.5 Å². The zero-order chi connectivity index (χ0) is 21.3. The number of ether oxygens (including phenoxy) is 2. The first-order valence-corrected chi connectivity index (χ1v) is 10.3. The lowest BCUT2D eigenvalue weighted by molar-refractivity contribution is -0.121. The first-order valence-electron chi connectivity index (χ1n) is 10.3. The van der Waals surface area contributed by atoms with Crippen LogP contribution >= 0.6 is 0 Å². The van der Waals surface area contributed by atoms with E-state index in [2.05, 4.69) is 10.3 Å². The van der Waals surface area contributed by atoms with E-state index in [9.17, 15) is 9.59 Å². The number of carbonyl (C=O) groups is 2. The Kier molecular flexibility index (Phi) is 7.65. The monoisotopic (exact) mass is 411 g/mol. The van der Waals surface area contributed by atoms with Crippen LogP contribution in [-0.2, 0) is 11.3 Å². The number of amides is 2. The third-order valence-electron chi connectivity index (χ3n) is 5.44. The molecule has 7 nitrogen and oxygen atoms in total. The van der Waals surface area contributed by atoms with Crippen molar-refractivity contribution < 1.29 is 19.1 Å². The molecule has 1 aromatic heterocycles. The number of hydrogen-bond acceptors (Lipinski definition) is 5. The maximum absolute atomic E-state index is 12.6. The first-order chi connectivity index (χ1) is 14.6. The van der Waals surface area contributed by atoms with Gasteiger partial charge in [-0.05, 0) is 49.4 Å². The number of carbonyl (C=O) groups excluding carboxylic acids is 2. The zero-order valence-electron chi connectivity index (χ0n) is 17.6. The summed E-state index contributed by atoms with van der Waals surface area (Å²) in [5.41, 5.74) is 1.38. The van der Waals surface area contributed by atoms with Gasteiger partial charge in [-0.3, -0.25) is 14.6 Å². The minimum atomic E-state index is -0.0312. The van der Waals surface area contributed by atoms with Gasteiger partial charge in [0.15, 0.2) is 0 Å². The van der Waals surface area contributed by atoms with Gasteiger partial charge in [-0.15, -0.1) is 0 Å². The molecule has 2 heterocycles. The largest absolute Gasteiger partial charge is 0.497 e. The van der Waals surface area contributed by atoms with Crippen molar-refractivity contribution in [3.63, 3.8) is 0 Å². The van der Waals surface area contributed by atoms with Gasteiger partial charge < -0.3 is 19.7 Å². The Labute approximate surface area is 177 Å². The fraction of sp³-hybridized carbons (Fsp3) is 0.435. The van der Waals surface area contributed by atoms with Crippen molar-refractivity contribution in [1.82, 2.24) is 15.2 Å². The average Bonchev–Trinajstić information content (AvgIpc) is 2.81. The number of pyridine rings is 1. The molecule has 1 saturated heterocycles. The number of rotatable bonds is 8. The third kappa shape index (κ3) is 5.72. The highest BCUT2D eigenvalue weighted by molar-refractivity contribution is 5.92. The molecule has 2 aromatic rings. The van der Waals surface area contributed by atoms with Crippen LogP contribution in [0.5, 0.6) is 11.5 Å². The molecule has 2 amide bonds. The maximum Gasteiger partial charge on any atom is 0.272 e. The first kappa shape index (κ1) is 21.6. The summed E-state index contributed by atoms with van der Waals surface area (Å²) in [7, 11) is 3.20. The van der Waals surface area contributed by atoms with Gasteiger partial charge in [0.1, 0.15) is 17.2 Å². The second-order valence-corrected chi connectivity index (χ2v) is 7.47. The highest BCUT2D eigenvalue weighted by atomic mass is 16.5. The van der Waals surface area contributed by atoms with E-state index in [1.807, 2.05) is 23.1 Å². The Bertz CT molecular complexity index is 857. The lowest BCUT2D eigenvalue weighted by Gasteiger charge is -2.32. The van der Waals surface area contributed by atoms with Gasteiger partial charge in [-0.25, -0.2) is 0 Å². The summed E-state index contributed by atoms with van der Waals surface area (Å²) in [5.74, 6) is 1.69. The van der Waals surface area contributed by atoms with Crippen molar-refractivity contribution in [2.45, 2.75) is 32.2 Å². The molecule has 1 atom stereocenters. The van der Waals surface area contributed by atoms with E-state index in [0.717, 1.165) is 31.4 Å². The van der Waals surface area contributed by atoms with Crippen molar-refractivity contribution in [2.75, 3.05) is 27.3 Å². The fourth-order valence-corrected chi connectivity index (χ4v) is 3.75. The van der Waals surface area contributed by atoms with Crippen LogP contribution in [0.15, 0.2) is 42.6 Å². The Morgan fingerprint density at radius 2 is 2.07 bits per heavy atom. The molecule has 160 valence electrons. The number of hydrogen-bond donors (Lipinski definition) is 1. The minimum Gasteiger partial charge on any atom is -0.497 e. The smallest absolute Gasteiger partial charge is 0.272 e. The van der Waals surface area contributed by atoms with Crippen LogP contribution in [0.2, 0.25) is 0 Å². The predicted octanol–water partition coefficient (Wildman–Crippen LogP) is 3.05. The second kappa shape index (κ2) is 10.6. The van der Waals surface area contributed by atoms with Crippen molar-refractivity contribution in [1.29, 1.82) is 0 Å². The van der Waals surface area contributed by atoms with Gasteiger partial charge in [0.2, 0.25) is 5.91 Å². The van der Waals surface area contributed by atoms with Gasteiger partial charge in [0.25, 0.3) is 5.91 Å². The molecule has 0 bridgehead atoms. The molecule has 1 fully saturated rings. The summed E-state index contributed by atoms with van der Waals surface area (Å²) in [5, 5.41) is 2.96. The number of nitrogens with zero attached hydrogens (tertiary/aromatic N) is 2. The summed E-state index contributed by atoms with van der Waals surface area (Å²) >= 11 is 0. The summed E-state index contributed by atoms with van der Waals surface area (Å²) in [6.45, 7) is 1.82. The number of likely N-dealkylation sites (tertiary alicyclic amines) is 1. The molecule has 0 radical (unpaired) electrons. The van der Waals surface area contributed by atoms with E-state index >= 15 is 0 Å². The van der Waals surface area contributed by atoms with Crippen molar-refractivity contribution >= 4 is 11.8 Å². The van der Waals surface area contributed by atoms with Crippen LogP contribution in [0.3, 0.4) is 0 Å². The molecule has 30 heavy (non-hydrogen) atoms. The SMILES string of the molecule is COc1ccc(CNC(=O)CCC2CCCN(C(=O)c3ccccn3)C2)c(OC)c1. The van der Waals surface area contributed by atoms with Crippen LogP contribution in [0, 0.1) is 5.92 Å². The number of nitrogens with one attached hydrogen (secondary N) is 1. The van der Waals surface area contributed by atoms with Crippen LogP contribution in [0.4, 0.5) is 0 Å². The molecular weight excluding hydrogens is 382 g/mol. The molecule has 1 aliphatic heterocycles. The van der Waals surface area contributed by atoms with E-state index in [1.165, 1.54) is 0 Å². The third-order valence-corrected chi connectivity index (χ3v) is 5.44. The van der Waals surface area contributed by atoms with Gasteiger partial charge in [0, 0.05) is 43.9 Å². The standard InChI is InChI=1S/C23H29N3O4/c1-29-19-10-9-18(21(14-19)30-2)15-25-22(27)11-8-17-6-5-13-26(16-17)23(28)20-7-3-4-12-24-20/h3-4,7,9-10,12,14,17H,5-6,8,11,13,15-16H2,1-2H3,(H,25,27). The van der Waals surface area contributed by atoms with E-state index in [0.29, 0.717) is 42.6 Å². The Morgan fingerprint density at radius 3 is 2.80 bits per heavy atom. The van der Waals surface area contributed by atoms with Crippen LogP contribution in [0.1, 0.15) is 41.7 Å². The summed E-state index contributed by atoms with van der Waals surface area (Å²) < 4.78 is 10.6. The number of aromatic nitrogens is 1. The quantitative estimate of drug-likeness (QED) is 0.722. The fourth-order valence-electron chi connectivity index (χ4n) is 3.75. The molecule has 0 saturated carbocycles. The lowest BCUT2D eigenvalue weighted by Crippen LogP contribution is -2.40. The topological polar surface area (TPSA) is 80.8 Å². The highest BCUT2D eigenvalue weighted by Crippen LogP contribution is 2.25. The van der Waals surface area contributed by atoms with Gasteiger partial charge in [0.05, 0.1) is 14.2 Å². The van der Waals surface area contributed by atoms with Crippen LogP contribution in [0.25, 0.3) is 0 Å². The maximum atomic E-state index is 12.6. The molecule has 1 N–H and O–H groups in total. The Balaban J connectivity index is 1.46. The van der Waals surface area contributed by atoms with E-state index < -0.39 is 0 Å². The summed E-state index contributed by atoms with van der Waals surface area (Å²) in [6.07, 6.45) is 4.82. The molecule has 7 heteroatoms. The van der Waals surface area contributed by atoms with E-state index in [4.69, 9.17) is 9.47 Å². The highest BCUT2D eigenvalue weighted by Gasteiger charge is 2.25. The predicted molar refractivity (Wildman–Crippen MR) is 113 cm³/mol. The molecule has 1 unspecified atom stereocenters. The van der Waals surface area contributed by atoms with Gasteiger partial charge in [-0.1, -0.05) is 6.07 Å². The minimum absolute atomic E-state index is 0.000970. The summed E-state index contributed by atoms with van der Waals surface area (Å²) in [6, 6.07) is 10.9. The van der Waals surface area contributed by atoms with Crippen LogP contribution in [-0.4, -0.2) is 49.0 Å². The molecule has 3 rings (SSSR count). The molecule has 1 aromatic carbocycles. The van der Waals surface area contributed by atoms with Gasteiger partial charge in [-0.2, -0.15) is 0 Å². The Hall–Kier alpha value is -3.09.